The van der Waals surface area contributed by atoms with Gasteiger partial charge in [-0.15, -0.1) is 0 Å². The Bertz CT molecular complexity index is 156. The molecule has 0 aliphatic rings. The summed E-state index contributed by atoms with van der Waals surface area (Å²) in [6.45, 7) is 6.48. The molecule has 0 aromatic carbocycles. The minimum atomic E-state index is -0.516. The lowest BCUT2D eigenvalue weighted by Gasteiger charge is -2.27. The molecular weight excluding hydrogens is 176 g/mol. The predicted molar refractivity (Wildman–Crippen MR) is 59.4 cm³/mol. The Labute approximate surface area is 88.0 Å². The zero-order chi connectivity index (χ0) is 11.0. The summed E-state index contributed by atoms with van der Waals surface area (Å²) >= 11 is 0. The molecule has 2 heteroatoms. The Kier molecular flexibility index (Phi) is 6.81. The molecular formula is C12H24O2. The van der Waals surface area contributed by atoms with Crippen molar-refractivity contribution in [3.8, 4) is 0 Å². The number of hydrogen-bond acceptors (Lipinski definition) is 2. The van der Waals surface area contributed by atoms with Crippen LogP contribution >= 0.6 is 0 Å². The Morgan fingerprint density at radius 1 is 1.36 bits per heavy atom. The van der Waals surface area contributed by atoms with Gasteiger partial charge in [0.15, 0.2) is 6.29 Å². The molecule has 0 saturated heterocycles. The molecule has 0 rings (SSSR count). The van der Waals surface area contributed by atoms with Gasteiger partial charge in [-0.05, 0) is 25.2 Å². The van der Waals surface area contributed by atoms with Crippen LogP contribution in [0.4, 0.5) is 0 Å². The minimum absolute atomic E-state index is 0.516. The molecule has 0 aromatic heterocycles. The van der Waals surface area contributed by atoms with Crippen LogP contribution in [0.2, 0.25) is 0 Å². The molecule has 0 spiro atoms. The predicted octanol–water partition coefficient (Wildman–Crippen LogP) is 3.20. The van der Waals surface area contributed by atoms with Gasteiger partial charge >= 0.3 is 0 Å². The smallest absolute Gasteiger partial charge is 0.151 e. The van der Waals surface area contributed by atoms with Crippen LogP contribution in [-0.2, 0) is 9.53 Å². The van der Waals surface area contributed by atoms with Gasteiger partial charge < -0.3 is 9.53 Å². The maximum atomic E-state index is 11.0. The summed E-state index contributed by atoms with van der Waals surface area (Å²) in [4.78, 5) is 11.0. The Balaban J connectivity index is 4.13. The third-order valence-electron chi connectivity index (χ3n) is 3.05. The van der Waals surface area contributed by atoms with E-state index >= 15 is 0 Å². The van der Waals surface area contributed by atoms with Crippen LogP contribution in [0.1, 0.15) is 52.9 Å². The fourth-order valence-corrected chi connectivity index (χ4v) is 1.61. The quantitative estimate of drug-likeness (QED) is 0.562. The molecule has 84 valence electrons. The molecule has 0 heterocycles. The number of rotatable bonds is 8. The van der Waals surface area contributed by atoms with Crippen LogP contribution < -0.4 is 0 Å². The molecule has 0 fully saturated rings. The van der Waals surface area contributed by atoms with Crippen LogP contribution in [0.3, 0.4) is 0 Å². The molecule has 2 atom stereocenters. The topological polar surface area (TPSA) is 26.3 Å². The van der Waals surface area contributed by atoms with Crippen molar-refractivity contribution in [3.63, 3.8) is 0 Å². The normalized spacial score (nSPS) is 17.4. The van der Waals surface area contributed by atoms with E-state index in [-0.39, 0.29) is 0 Å². The minimum Gasteiger partial charge on any atom is -0.371 e. The van der Waals surface area contributed by atoms with Gasteiger partial charge in [0.25, 0.3) is 0 Å². The van der Waals surface area contributed by atoms with E-state index < -0.39 is 5.60 Å². The van der Waals surface area contributed by atoms with E-state index in [4.69, 9.17) is 4.74 Å². The third kappa shape index (κ3) is 4.23. The number of hydrogen-bond donors (Lipinski definition) is 0. The van der Waals surface area contributed by atoms with Crippen LogP contribution in [0.25, 0.3) is 0 Å². The van der Waals surface area contributed by atoms with Gasteiger partial charge in [0.05, 0.1) is 0 Å². The molecule has 0 bridgehead atoms. The number of ether oxygens (including phenoxy) is 1. The van der Waals surface area contributed by atoms with Gasteiger partial charge in [0.2, 0.25) is 0 Å². The molecule has 0 aromatic rings. The molecule has 0 amide bonds. The summed E-state index contributed by atoms with van der Waals surface area (Å²) in [5.74, 6) is 0.682. The number of methoxy groups -OCH3 is 1. The number of carbonyl (C=O) groups is 1. The van der Waals surface area contributed by atoms with Gasteiger partial charge in [-0.1, -0.05) is 33.6 Å². The van der Waals surface area contributed by atoms with Gasteiger partial charge in [-0.3, -0.25) is 0 Å². The zero-order valence-electron chi connectivity index (χ0n) is 10.0. The molecule has 0 N–H and O–H groups in total. The molecule has 2 unspecified atom stereocenters. The first-order valence-electron chi connectivity index (χ1n) is 5.65. The maximum Gasteiger partial charge on any atom is 0.151 e. The number of carbonyl (C=O) groups excluding carboxylic acids is 1. The fourth-order valence-electron chi connectivity index (χ4n) is 1.61. The highest BCUT2D eigenvalue weighted by molar-refractivity contribution is 5.62. The first kappa shape index (κ1) is 13.6. The summed E-state index contributed by atoms with van der Waals surface area (Å²) in [5.41, 5.74) is -0.516. The highest BCUT2D eigenvalue weighted by Gasteiger charge is 2.28. The van der Waals surface area contributed by atoms with E-state index in [1.165, 1.54) is 6.42 Å². The third-order valence-corrected chi connectivity index (χ3v) is 3.05. The lowest BCUT2D eigenvalue weighted by atomic mass is 9.89. The summed E-state index contributed by atoms with van der Waals surface area (Å²) in [5, 5.41) is 0. The van der Waals surface area contributed by atoms with Crippen molar-refractivity contribution in [1.82, 2.24) is 0 Å². The van der Waals surface area contributed by atoms with Gasteiger partial charge in [0, 0.05) is 7.11 Å². The van der Waals surface area contributed by atoms with Crippen molar-refractivity contribution >= 4 is 6.29 Å². The second kappa shape index (κ2) is 6.99. The van der Waals surface area contributed by atoms with E-state index in [2.05, 4.69) is 20.8 Å². The molecule has 0 aliphatic carbocycles. The lowest BCUT2D eigenvalue weighted by molar-refractivity contribution is -0.129. The molecule has 0 radical (unpaired) electrons. The summed E-state index contributed by atoms with van der Waals surface area (Å²) < 4.78 is 5.35. The number of aldehydes is 1. The summed E-state index contributed by atoms with van der Waals surface area (Å²) in [6, 6.07) is 0. The average molecular weight is 200 g/mol. The second-order valence-electron chi connectivity index (χ2n) is 4.19. The Morgan fingerprint density at radius 3 is 2.36 bits per heavy atom. The molecule has 14 heavy (non-hydrogen) atoms. The first-order valence-corrected chi connectivity index (χ1v) is 5.65. The monoisotopic (exact) mass is 200 g/mol. The van der Waals surface area contributed by atoms with Crippen molar-refractivity contribution in [1.29, 1.82) is 0 Å². The Hall–Kier alpha value is -0.370. The van der Waals surface area contributed by atoms with Crippen LogP contribution in [-0.4, -0.2) is 19.0 Å². The fraction of sp³-hybridized carbons (Fsp3) is 0.917. The Morgan fingerprint density at radius 2 is 2.00 bits per heavy atom. The van der Waals surface area contributed by atoms with E-state index in [9.17, 15) is 4.79 Å². The van der Waals surface area contributed by atoms with E-state index in [0.29, 0.717) is 5.92 Å². The van der Waals surface area contributed by atoms with Crippen molar-refractivity contribution < 1.29 is 9.53 Å². The summed E-state index contributed by atoms with van der Waals surface area (Å²) in [6.07, 6.45) is 5.92. The van der Waals surface area contributed by atoms with E-state index in [0.717, 1.165) is 32.0 Å². The second-order valence-corrected chi connectivity index (χ2v) is 4.19. The first-order chi connectivity index (χ1) is 6.64. The van der Waals surface area contributed by atoms with Crippen LogP contribution in [0, 0.1) is 5.92 Å². The van der Waals surface area contributed by atoms with Crippen molar-refractivity contribution in [2.24, 2.45) is 5.92 Å². The summed E-state index contributed by atoms with van der Waals surface area (Å²) in [7, 11) is 1.64. The van der Waals surface area contributed by atoms with E-state index in [1.807, 2.05) is 0 Å². The molecule has 0 aliphatic heterocycles. The van der Waals surface area contributed by atoms with E-state index in [1.54, 1.807) is 7.11 Å². The molecule has 2 nitrogen and oxygen atoms in total. The average Bonchev–Trinajstić information content (AvgIpc) is 2.24. The van der Waals surface area contributed by atoms with Gasteiger partial charge in [0.1, 0.15) is 5.60 Å². The van der Waals surface area contributed by atoms with Crippen molar-refractivity contribution in [2.45, 2.75) is 58.5 Å². The van der Waals surface area contributed by atoms with Crippen LogP contribution in [0.15, 0.2) is 0 Å². The molecule has 0 saturated carbocycles. The highest BCUT2D eigenvalue weighted by Crippen LogP contribution is 2.24. The van der Waals surface area contributed by atoms with Gasteiger partial charge in [-0.2, -0.15) is 0 Å². The zero-order valence-corrected chi connectivity index (χ0v) is 10.0. The van der Waals surface area contributed by atoms with Crippen LogP contribution in [0.5, 0.6) is 0 Å². The van der Waals surface area contributed by atoms with Crippen molar-refractivity contribution in [3.05, 3.63) is 0 Å². The SMILES string of the molecule is CCCC(C=O)(CCC(C)CC)OC. The van der Waals surface area contributed by atoms with Gasteiger partial charge in [-0.25, -0.2) is 0 Å². The largest absolute Gasteiger partial charge is 0.371 e. The lowest BCUT2D eigenvalue weighted by Crippen LogP contribution is -2.33. The highest BCUT2D eigenvalue weighted by atomic mass is 16.5. The standard InChI is InChI=1S/C12H24O2/c1-5-8-12(10-13,14-4)9-7-11(3)6-2/h10-11H,5-9H2,1-4H3. The maximum absolute atomic E-state index is 11.0. The van der Waals surface area contributed by atoms with Crippen molar-refractivity contribution in [2.75, 3.05) is 7.11 Å².